The molecule has 0 bridgehead atoms. The molecule has 2 atom stereocenters. The lowest BCUT2D eigenvalue weighted by atomic mass is 10.0. The van der Waals surface area contributed by atoms with Gasteiger partial charge in [0.15, 0.2) is 5.82 Å². The molecule has 2 unspecified atom stereocenters. The Morgan fingerprint density at radius 2 is 2.07 bits per heavy atom. The monoisotopic (exact) mass is 429 g/mol. The molecule has 1 saturated carbocycles. The summed E-state index contributed by atoms with van der Waals surface area (Å²) in [7, 11) is 0. The van der Waals surface area contributed by atoms with Crippen molar-refractivity contribution in [2.75, 3.05) is 17.7 Å². The van der Waals surface area contributed by atoms with Crippen molar-refractivity contribution in [3.63, 3.8) is 0 Å². The molecular formula is C20H24FN7OS. The molecule has 0 saturated heterocycles. The van der Waals surface area contributed by atoms with E-state index in [0.29, 0.717) is 25.0 Å². The second-order valence-corrected chi connectivity index (χ2v) is 8.79. The molecule has 1 aliphatic rings. The lowest BCUT2D eigenvalue weighted by Crippen LogP contribution is -2.10. The second-order valence-electron chi connectivity index (χ2n) is 7.53. The van der Waals surface area contributed by atoms with Crippen LogP contribution in [-0.4, -0.2) is 31.8 Å². The van der Waals surface area contributed by atoms with Crippen LogP contribution in [0.1, 0.15) is 45.5 Å². The van der Waals surface area contributed by atoms with Gasteiger partial charge in [-0.3, -0.25) is 4.98 Å². The van der Waals surface area contributed by atoms with Crippen molar-refractivity contribution in [2.24, 2.45) is 5.92 Å². The Hall–Kier alpha value is -2.88. The smallest absolute Gasteiger partial charge is 0.257 e. The number of hydrogen-bond donors (Lipinski definition) is 2. The molecule has 3 heterocycles. The number of ether oxygens (including phenoxy) is 1. The number of nitrogens with one attached hydrogen (secondary N) is 1. The number of pyridine rings is 1. The molecule has 10 heteroatoms. The van der Waals surface area contributed by atoms with Crippen LogP contribution in [0, 0.1) is 32.5 Å². The Morgan fingerprint density at radius 1 is 1.23 bits per heavy atom. The summed E-state index contributed by atoms with van der Waals surface area (Å²) >= 11 is 1.43. The molecular weight excluding hydrogens is 405 g/mol. The van der Waals surface area contributed by atoms with Crippen molar-refractivity contribution >= 4 is 23.1 Å². The predicted molar refractivity (Wildman–Crippen MR) is 113 cm³/mol. The zero-order valence-corrected chi connectivity index (χ0v) is 18.0. The second kappa shape index (κ2) is 8.47. The summed E-state index contributed by atoms with van der Waals surface area (Å²) < 4.78 is 20.3. The molecule has 3 aromatic heterocycles. The number of nitrogens with two attached hydrogens (primary N) is 1. The fourth-order valence-electron chi connectivity index (χ4n) is 3.50. The highest BCUT2D eigenvalue weighted by Gasteiger charge is 2.39. The molecule has 0 radical (unpaired) electrons. The molecule has 3 aromatic rings. The fraction of sp³-hybridized carbons (Fsp3) is 0.450. The third kappa shape index (κ3) is 4.48. The van der Waals surface area contributed by atoms with Crippen molar-refractivity contribution in [2.45, 2.75) is 46.1 Å². The van der Waals surface area contributed by atoms with E-state index in [1.165, 1.54) is 28.0 Å². The number of anilines is 2. The maximum atomic E-state index is 14.7. The molecule has 1 fully saturated rings. The number of aryl methyl sites for hydroxylation is 2. The van der Waals surface area contributed by atoms with Gasteiger partial charge in [0.1, 0.15) is 10.0 Å². The average molecular weight is 430 g/mol. The molecule has 4 rings (SSSR count). The van der Waals surface area contributed by atoms with Crippen LogP contribution in [0.2, 0.25) is 0 Å². The highest BCUT2D eigenvalue weighted by molar-refractivity contribution is 7.11. The number of hydrogen-bond acceptors (Lipinski definition) is 9. The Labute approximate surface area is 178 Å². The first-order chi connectivity index (χ1) is 14.4. The molecule has 0 spiro atoms. The van der Waals surface area contributed by atoms with Crippen LogP contribution in [0.15, 0.2) is 12.4 Å². The molecule has 3 N–H and O–H groups in total. The minimum absolute atomic E-state index is 0.00360. The van der Waals surface area contributed by atoms with E-state index in [1.54, 1.807) is 0 Å². The number of aromatic nitrogens is 5. The van der Waals surface area contributed by atoms with E-state index < -0.39 is 5.82 Å². The van der Waals surface area contributed by atoms with Crippen LogP contribution in [0.25, 0.3) is 0 Å². The summed E-state index contributed by atoms with van der Waals surface area (Å²) in [6.45, 7) is 6.73. The summed E-state index contributed by atoms with van der Waals surface area (Å²) in [5, 5.41) is 12.4. The fourth-order valence-corrected chi connectivity index (χ4v) is 4.15. The van der Waals surface area contributed by atoms with E-state index in [1.807, 2.05) is 19.3 Å². The maximum Gasteiger partial charge on any atom is 0.257 e. The van der Waals surface area contributed by atoms with Crippen LogP contribution >= 0.6 is 11.3 Å². The van der Waals surface area contributed by atoms with Gasteiger partial charge in [-0.1, -0.05) is 11.3 Å². The zero-order valence-electron chi connectivity index (χ0n) is 17.1. The van der Waals surface area contributed by atoms with Crippen LogP contribution < -0.4 is 15.8 Å². The molecule has 158 valence electrons. The van der Waals surface area contributed by atoms with Crippen molar-refractivity contribution in [1.29, 1.82) is 0 Å². The highest BCUT2D eigenvalue weighted by atomic mass is 32.1. The van der Waals surface area contributed by atoms with Gasteiger partial charge < -0.3 is 15.8 Å². The third-order valence-electron chi connectivity index (χ3n) is 5.37. The maximum absolute atomic E-state index is 14.7. The Balaban J connectivity index is 1.33. The average Bonchev–Trinajstić information content (AvgIpc) is 3.35. The van der Waals surface area contributed by atoms with Gasteiger partial charge in [-0.15, -0.1) is 10.2 Å². The van der Waals surface area contributed by atoms with Crippen LogP contribution in [0.3, 0.4) is 0 Å². The number of nitrogens with zero attached hydrogens (tertiary/aromatic N) is 5. The van der Waals surface area contributed by atoms with E-state index in [9.17, 15) is 4.39 Å². The molecule has 8 nitrogen and oxygen atoms in total. The Bertz CT molecular complexity index is 1060. The first-order valence-corrected chi connectivity index (χ1v) is 10.6. The van der Waals surface area contributed by atoms with Crippen molar-refractivity contribution in [1.82, 2.24) is 25.1 Å². The van der Waals surface area contributed by atoms with Gasteiger partial charge in [-0.2, -0.15) is 14.4 Å². The van der Waals surface area contributed by atoms with Gasteiger partial charge in [0.2, 0.25) is 11.8 Å². The van der Waals surface area contributed by atoms with Gasteiger partial charge in [0, 0.05) is 12.4 Å². The van der Waals surface area contributed by atoms with Crippen LogP contribution in [-0.2, 0) is 6.54 Å². The summed E-state index contributed by atoms with van der Waals surface area (Å²) in [5.74, 6) is 0.159. The standard InChI is InChI=1S/C20H24FN7OS/c1-10-7-23-8-15(11(10)2)14-6-13(14)4-5-29-19-17(21)18(25-20(22)26-19)24-9-16-28-27-12(3)30-16/h7-8,13-14H,4-6,9H2,1-3H3,(H3,22,24,25,26). The van der Waals surface area contributed by atoms with E-state index in [0.717, 1.165) is 22.9 Å². The Kier molecular flexibility index (Phi) is 5.76. The lowest BCUT2D eigenvalue weighted by Gasteiger charge is -2.11. The van der Waals surface area contributed by atoms with Crippen molar-refractivity contribution in [3.05, 3.63) is 44.9 Å². The molecule has 30 heavy (non-hydrogen) atoms. The van der Waals surface area contributed by atoms with E-state index in [2.05, 4.69) is 44.3 Å². The van der Waals surface area contributed by atoms with Crippen molar-refractivity contribution < 1.29 is 9.13 Å². The first-order valence-electron chi connectivity index (χ1n) is 9.82. The van der Waals surface area contributed by atoms with E-state index >= 15 is 0 Å². The van der Waals surface area contributed by atoms with Gasteiger partial charge in [-0.05, 0) is 62.1 Å². The number of nitrogen functional groups attached to an aromatic ring is 1. The topological polar surface area (TPSA) is 112 Å². The first kappa shape index (κ1) is 20.4. The van der Waals surface area contributed by atoms with E-state index in [-0.39, 0.29) is 17.6 Å². The van der Waals surface area contributed by atoms with Crippen LogP contribution in [0.5, 0.6) is 5.88 Å². The minimum Gasteiger partial charge on any atom is -0.475 e. The van der Waals surface area contributed by atoms with Gasteiger partial charge >= 0.3 is 0 Å². The van der Waals surface area contributed by atoms with Gasteiger partial charge in [0.05, 0.1) is 13.2 Å². The molecule has 0 aliphatic heterocycles. The normalized spacial score (nSPS) is 17.7. The largest absolute Gasteiger partial charge is 0.475 e. The number of rotatable bonds is 8. The third-order valence-corrected chi connectivity index (χ3v) is 6.21. The zero-order chi connectivity index (χ0) is 21.3. The van der Waals surface area contributed by atoms with Crippen LogP contribution in [0.4, 0.5) is 16.2 Å². The lowest BCUT2D eigenvalue weighted by molar-refractivity contribution is 0.275. The van der Waals surface area contributed by atoms with Crippen molar-refractivity contribution in [3.8, 4) is 5.88 Å². The quantitative estimate of drug-likeness (QED) is 0.559. The highest BCUT2D eigenvalue weighted by Crippen LogP contribution is 2.50. The predicted octanol–water partition coefficient (Wildman–Crippen LogP) is 3.55. The summed E-state index contributed by atoms with van der Waals surface area (Å²) in [5.41, 5.74) is 9.54. The van der Waals surface area contributed by atoms with E-state index in [4.69, 9.17) is 10.5 Å². The molecule has 0 amide bonds. The summed E-state index contributed by atoms with van der Waals surface area (Å²) in [4.78, 5) is 12.2. The SMILES string of the molecule is Cc1nnc(CNc2nc(N)nc(OCCC3CC3c3cncc(C)c3C)c2F)s1. The summed E-state index contributed by atoms with van der Waals surface area (Å²) in [6.07, 6.45) is 5.75. The van der Waals surface area contributed by atoms with Gasteiger partial charge in [0.25, 0.3) is 5.88 Å². The molecule has 1 aliphatic carbocycles. The molecule has 0 aromatic carbocycles. The number of halogens is 1. The minimum atomic E-state index is -0.656. The Morgan fingerprint density at radius 3 is 2.83 bits per heavy atom. The van der Waals surface area contributed by atoms with Gasteiger partial charge in [-0.25, -0.2) is 0 Å². The summed E-state index contributed by atoms with van der Waals surface area (Å²) in [6, 6.07) is 0.